The molecular weight excluding hydrogens is 140 g/mol. The van der Waals surface area contributed by atoms with Crippen molar-refractivity contribution < 1.29 is 9.47 Å². The number of hydrogen-bond acceptors (Lipinski definition) is 2. The molecule has 1 rings (SSSR count). The Balaban J connectivity index is 2.31. The van der Waals surface area contributed by atoms with Crippen LogP contribution in [-0.4, -0.2) is 26.4 Å². The van der Waals surface area contributed by atoms with Crippen molar-refractivity contribution in [3.63, 3.8) is 0 Å². The molecule has 0 radical (unpaired) electrons. The second-order valence-corrected chi connectivity index (χ2v) is 3.19. The molecule has 1 heterocycles. The van der Waals surface area contributed by atoms with Crippen LogP contribution < -0.4 is 0 Å². The molecule has 2 heteroatoms. The third-order valence-electron chi connectivity index (χ3n) is 2.40. The highest BCUT2D eigenvalue weighted by Crippen LogP contribution is 2.22. The van der Waals surface area contributed by atoms with Gasteiger partial charge in [0.25, 0.3) is 0 Å². The molecule has 66 valence electrons. The summed E-state index contributed by atoms with van der Waals surface area (Å²) in [6.07, 6.45) is 4.06. The van der Waals surface area contributed by atoms with E-state index in [9.17, 15) is 0 Å². The van der Waals surface area contributed by atoms with E-state index in [1.54, 1.807) is 7.11 Å². The molecule has 0 saturated carbocycles. The number of ether oxygens (including phenoxy) is 2. The molecule has 0 aromatic carbocycles. The van der Waals surface area contributed by atoms with Crippen molar-refractivity contribution >= 4 is 0 Å². The maximum atomic E-state index is 5.33. The maximum absolute atomic E-state index is 5.33. The van der Waals surface area contributed by atoms with E-state index in [1.165, 1.54) is 19.3 Å². The predicted octanol–water partition coefficient (Wildman–Crippen LogP) is 1.84. The van der Waals surface area contributed by atoms with Crippen LogP contribution in [0.4, 0.5) is 0 Å². The smallest absolute Gasteiger partial charge is 0.0833 e. The monoisotopic (exact) mass is 158 g/mol. The average molecular weight is 158 g/mol. The van der Waals surface area contributed by atoms with Crippen LogP contribution in [-0.2, 0) is 9.47 Å². The van der Waals surface area contributed by atoms with E-state index in [2.05, 4.69) is 6.92 Å². The van der Waals surface area contributed by atoms with Gasteiger partial charge in [0.2, 0.25) is 0 Å². The lowest BCUT2D eigenvalue weighted by Gasteiger charge is -2.30. The first-order valence-corrected chi connectivity index (χ1v) is 4.49. The van der Waals surface area contributed by atoms with Gasteiger partial charge in [-0.1, -0.05) is 13.3 Å². The molecule has 0 aromatic heterocycles. The lowest BCUT2D eigenvalue weighted by atomic mass is 9.92. The van der Waals surface area contributed by atoms with Gasteiger partial charge < -0.3 is 9.47 Å². The van der Waals surface area contributed by atoms with Crippen LogP contribution in [0, 0.1) is 5.92 Å². The van der Waals surface area contributed by atoms with E-state index in [4.69, 9.17) is 9.47 Å². The number of rotatable bonds is 3. The van der Waals surface area contributed by atoms with Gasteiger partial charge in [-0.25, -0.2) is 0 Å². The summed E-state index contributed by atoms with van der Waals surface area (Å²) in [5, 5.41) is 0. The Kier molecular flexibility index (Phi) is 3.87. The van der Waals surface area contributed by atoms with E-state index in [-0.39, 0.29) is 0 Å². The van der Waals surface area contributed by atoms with Crippen LogP contribution in [0.25, 0.3) is 0 Å². The highest BCUT2D eigenvalue weighted by molar-refractivity contribution is 4.73. The fourth-order valence-corrected chi connectivity index (χ4v) is 1.72. The van der Waals surface area contributed by atoms with Crippen molar-refractivity contribution in [2.75, 3.05) is 20.3 Å². The Hall–Kier alpha value is -0.0800. The molecule has 0 spiro atoms. The summed E-state index contributed by atoms with van der Waals surface area (Å²) >= 11 is 0. The molecule has 2 atom stereocenters. The predicted molar refractivity (Wildman–Crippen MR) is 44.6 cm³/mol. The molecule has 0 N–H and O–H groups in total. The summed E-state index contributed by atoms with van der Waals surface area (Å²) in [4.78, 5) is 0. The fourth-order valence-electron chi connectivity index (χ4n) is 1.72. The third-order valence-corrected chi connectivity index (χ3v) is 2.40. The van der Waals surface area contributed by atoms with Crippen molar-refractivity contribution in [1.82, 2.24) is 0 Å². The molecule has 1 unspecified atom stereocenters. The van der Waals surface area contributed by atoms with Crippen molar-refractivity contribution in [2.45, 2.75) is 32.3 Å². The van der Waals surface area contributed by atoms with Gasteiger partial charge in [0.1, 0.15) is 0 Å². The van der Waals surface area contributed by atoms with Crippen LogP contribution in [0.2, 0.25) is 0 Å². The minimum atomic E-state index is 0.351. The van der Waals surface area contributed by atoms with Gasteiger partial charge in [-0.05, 0) is 18.8 Å². The molecule has 1 aliphatic rings. The molecular formula is C9H18O2. The summed E-state index contributed by atoms with van der Waals surface area (Å²) in [5.41, 5.74) is 0. The summed E-state index contributed by atoms with van der Waals surface area (Å²) in [7, 11) is 1.78. The Labute approximate surface area is 68.9 Å². The van der Waals surface area contributed by atoms with E-state index in [0.717, 1.165) is 19.1 Å². The zero-order valence-corrected chi connectivity index (χ0v) is 7.51. The van der Waals surface area contributed by atoms with Crippen LogP contribution in [0.1, 0.15) is 26.2 Å². The minimum absolute atomic E-state index is 0.351. The second kappa shape index (κ2) is 4.73. The third kappa shape index (κ3) is 2.46. The maximum Gasteiger partial charge on any atom is 0.0833 e. The Morgan fingerprint density at radius 1 is 1.55 bits per heavy atom. The highest BCUT2D eigenvalue weighted by Gasteiger charge is 2.24. The van der Waals surface area contributed by atoms with Crippen LogP contribution in [0.3, 0.4) is 0 Å². The first-order valence-electron chi connectivity index (χ1n) is 4.49. The van der Waals surface area contributed by atoms with Crippen LogP contribution in [0.5, 0.6) is 0 Å². The van der Waals surface area contributed by atoms with E-state index < -0.39 is 0 Å². The topological polar surface area (TPSA) is 18.5 Å². The van der Waals surface area contributed by atoms with Gasteiger partial charge >= 0.3 is 0 Å². The SMILES string of the molecule is CCC[C@H]1CCOCC1OC. The normalized spacial score (nSPS) is 32.2. The Morgan fingerprint density at radius 3 is 3.00 bits per heavy atom. The molecule has 1 saturated heterocycles. The zero-order valence-electron chi connectivity index (χ0n) is 7.51. The zero-order chi connectivity index (χ0) is 8.10. The van der Waals surface area contributed by atoms with Crippen LogP contribution >= 0.6 is 0 Å². The lowest BCUT2D eigenvalue weighted by Crippen LogP contribution is -2.33. The molecule has 0 bridgehead atoms. The van der Waals surface area contributed by atoms with Crippen molar-refractivity contribution in [3.8, 4) is 0 Å². The molecule has 1 aliphatic heterocycles. The van der Waals surface area contributed by atoms with E-state index >= 15 is 0 Å². The molecule has 0 amide bonds. The number of hydrogen-bond donors (Lipinski definition) is 0. The summed E-state index contributed by atoms with van der Waals surface area (Å²) < 4.78 is 10.7. The Morgan fingerprint density at radius 2 is 2.36 bits per heavy atom. The highest BCUT2D eigenvalue weighted by atomic mass is 16.5. The first kappa shape index (κ1) is 9.01. The van der Waals surface area contributed by atoms with Gasteiger partial charge in [-0.15, -0.1) is 0 Å². The van der Waals surface area contributed by atoms with Crippen LogP contribution in [0.15, 0.2) is 0 Å². The molecule has 1 fully saturated rings. The van der Waals surface area contributed by atoms with Gasteiger partial charge in [-0.2, -0.15) is 0 Å². The van der Waals surface area contributed by atoms with Gasteiger partial charge in [0.15, 0.2) is 0 Å². The second-order valence-electron chi connectivity index (χ2n) is 3.19. The Bertz CT molecular complexity index is 102. The van der Waals surface area contributed by atoms with E-state index in [0.29, 0.717) is 6.10 Å². The average Bonchev–Trinajstić information content (AvgIpc) is 2.06. The van der Waals surface area contributed by atoms with Crippen molar-refractivity contribution in [2.24, 2.45) is 5.92 Å². The van der Waals surface area contributed by atoms with Crippen molar-refractivity contribution in [3.05, 3.63) is 0 Å². The summed E-state index contributed by atoms with van der Waals surface area (Å²) in [5.74, 6) is 0.735. The molecule has 0 aliphatic carbocycles. The number of methoxy groups -OCH3 is 1. The van der Waals surface area contributed by atoms with Crippen molar-refractivity contribution in [1.29, 1.82) is 0 Å². The molecule has 11 heavy (non-hydrogen) atoms. The van der Waals surface area contributed by atoms with Gasteiger partial charge in [0, 0.05) is 13.7 Å². The quantitative estimate of drug-likeness (QED) is 0.624. The molecule has 2 nitrogen and oxygen atoms in total. The van der Waals surface area contributed by atoms with Gasteiger partial charge in [0.05, 0.1) is 12.7 Å². The summed E-state index contributed by atoms with van der Waals surface area (Å²) in [6, 6.07) is 0. The fraction of sp³-hybridized carbons (Fsp3) is 1.00. The molecule has 0 aromatic rings. The first-order chi connectivity index (χ1) is 5.38. The lowest BCUT2D eigenvalue weighted by molar-refractivity contribution is -0.0674. The standard InChI is InChI=1S/C9H18O2/c1-3-4-8-5-6-11-7-9(8)10-2/h8-9H,3-7H2,1-2H3/t8-,9?/m0/s1. The minimum Gasteiger partial charge on any atom is -0.379 e. The van der Waals surface area contributed by atoms with E-state index in [1.807, 2.05) is 0 Å². The summed E-state index contributed by atoms with van der Waals surface area (Å²) in [6.45, 7) is 3.94. The van der Waals surface area contributed by atoms with Gasteiger partial charge in [-0.3, -0.25) is 0 Å². The largest absolute Gasteiger partial charge is 0.379 e.